The molecule has 1 aromatic heterocycles. The topological polar surface area (TPSA) is 87.0 Å². The molecule has 1 N–H and O–H groups in total. The zero-order chi connectivity index (χ0) is 16.2. The monoisotopic (exact) mass is 317 g/mol. The van der Waals surface area contributed by atoms with Crippen molar-refractivity contribution < 1.29 is 28.2 Å². The molecule has 0 saturated carbocycles. The van der Waals surface area contributed by atoms with Crippen molar-refractivity contribution in [1.29, 1.82) is 0 Å². The maximum Gasteiger partial charge on any atom is 0.374 e. The molecular weight excluding hydrogens is 302 g/mol. The van der Waals surface area contributed by atoms with Crippen LogP contribution < -0.4 is 14.8 Å². The molecule has 0 bridgehead atoms. The van der Waals surface area contributed by atoms with Crippen molar-refractivity contribution >= 4 is 17.6 Å². The highest BCUT2D eigenvalue weighted by atomic mass is 16.6. The first-order valence-corrected chi connectivity index (χ1v) is 7.08. The van der Waals surface area contributed by atoms with Gasteiger partial charge in [-0.05, 0) is 31.2 Å². The summed E-state index contributed by atoms with van der Waals surface area (Å²) in [4.78, 5) is 23.8. The zero-order valence-electron chi connectivity index (χ0n) is 12.4. The van der Waals surface area contributed by atoms with Gasteiger partial charge >= 0.3 is 5.97 Å². The molecule has 1 amide bonds. The number of ether oxygens (including phenoxy) is 3. The van der Waals surface area contributed by atoms with Gasteiger partial charge in [0.25, 0.3) is 5.91 Å². The van der Waals surface area contributed by atoms with E-state index in [4.69, 9.17) is 18.6 Å². The largest absolute Gasteiger partial charge is 0.486 e. The zero-order valence-corrected chi connectivity index (χ0v) is 12.4. The van der Waals surface area contributed by atoms with Crippen LogP contribution in [0.3, 0.4) is 0 Å². The van der Waals surface area contributed by atoms with E-state index in [1.54, 1.807) is 24.3 Å². The molecule has 23 heavy (non-hydrogen) atoms. The van der Waals surface area contributed by atoms with Crippen LogP contribution in [0.5, 0.6) is 11.5 Å². The molecule has 0 fully saturated rings. The highest BCUT2D eigenvalue weighted by molar-refractivity contribution is 5.96. The van der Waals surface area contributed by atoms with Crippen LogP contribution in [0.4, 0.5) is 5.69 Å². The van der Waals surface area contributed by atoms with Gasteiger partial charge in [-0.1, -0.05) is 0 Å². The van der Waals surface area contributed by atoms with Crippen molar-refractivity contribution in [3.05, 3.63) is 42.4 Å². The molecule has 0 saturated heterocycles. The molecule has 0 unspecified atom stereocenters. The number of esters is 1. The second kappa shape index (κ2) is 6.43. The smallest absolute Gasteiger partial charge is 0.374 e. The predicted molar refractivity (Wildman–Crippen MR) is 79.6 cm³/mol. The molecule has 1 aliphatic rings. The van der Waals surface area contributed by atoms with Gasteiger partial charge in [-0.2, -0.15) is 0 Å². The number of carbonyl (C=O) groups is 2. The summed E-state index contributed by atoms with van der Waals surface area (Å²) in [7, 11) is 0. The number of hydrogen-bond acceptors (Lipinski definition) is 6. The summed E-state index contributed by atoms with van der Waals surface area (Å²) in [6, 6.07) is 8.09. The number of furan rings is 1. The molecule has 1 aromatic carbocycles. The first-order valence-electron chi connectivity index (χ1n) is 7.08. The SMILES string of the molecule is C[C@H](OC(=O)c1ccco1)C(=O)Nc1ccc2c(c1)OCCO2. The minimum Gasteiger partial charge on any atom is -0.486 e. The normalized spacial score (nSPS) is 14.0. The Kier molecular flexibility index (Phi) is 4.18. The highest BCUT2D eigenvalue weighted by Crippen LogP contribution is 2.32. The number of fused-ring (bicyclic) bond motifs is 1. The predicted octanol–water partition coefficient (Wildman–Crippen LogP) is 2.23. The van der Waals surface area contributed by atoms with Gasteiger partial charge in [-0.15, -0.1) is 0 Å². The van der Waals surface area contributed by atoms with E-state index in [0.717, 1.165) is 0 Å². The fraction of sp³-hybridized carbons (Fsp3) is 0.250. The summed E-state index contributed by atoms with van der Waals surface area (Å²) in [5.74, 6) is 0.0891. The highest BCUT2D eigenvalue weighted by Gasteiger charge is 2.21. The molecule has 120 valence electrons. The van der Waals surface area contributed by atoms with E-state index in [9.17, 15) is 9.59 Å². The van der Waals surface area contributed by atoms with Gasteiger partial charge < -0.3 is 23.9 Å². The molecule has 0 aliphatic carbocycles. The third-order valence-corrected chi connectivity index (χ3v) is 3.19. The van der Waals surface area contributed by atoms with E-state index >= 15 is 0 Å². The average molecular weight is 317 g/mol. The van der Waals surface area contributed by atoms with Crippen LogP contribution in [0, 0.1) is 0 Å². The van der Waals surface area contributed by atoms with Crippen molar-refractivity contribution in [2.24, 2.45) is 0 Å². The Morgan fingerprint density at radius 3 is 2.70 bits per heavy atom. The molecule has 2 heterocycles. The first kappa shape index (κ1) is 15.0. The molecule has 0 spiro atoms. The minimum atomic E-state index is -0.971. The minimum absolute atomic E-state index is 0.0454. The fourth-order valence-electron chi connectivity index (χ4n) is 2.03. The number of rotatable bonds is 4. The number of hydrogen-bond donors (Lipinski definition) is 1. The summed E-state index contributed by atoms with van der Waals surface area (Å²) < 4.78 is 20.8. The Morgan fingerprint density at radius 1 is 1.17 bits per heavy atom. The molecule has 1 aliphatic heterocycles. The Hall–Kier alpha value is -2.96. The molecule has 2 aromatic rings. The van der Waals surface area contributed by atoms with E-state index < -0.39 is 18.0 Å². The van der Waals surface area contributed by atoms with Gasteiger partial charge in [0, 0.05) is 11.8 Å². The quantitative estimate of drug-likeness (QED) is 0.870. The maximum absolute atomic E-state index is 12.1. The second-order valence-corrected chi connectivity index (χ2v) is 4.87. The molecule has 1 atom stereocenters. The lowest BCUT2D eigenvalue weighted by Gasteiger charge is -2.19. The third-order valence-electron chi connectivity index (χ3n) is 3.19. The molecule has 7 heteroatoms. The van der Waals surface area contributed by atoms with Gasteiger partial charge in [0.1, 0.15) is 13.2 Å². The number of benzene rings is 1. The van der Waals surface area contributed by atoms with E-state index in [0.29, 0.717) is 30.4 Å². The third kappa shape index (κ3) is 3.45. The summed E-state index contributed by atoms with van der Waals surface area (Å²) in [6.45, 7) is 2.44. The van der Waals surface area contributed by atoms with Crippen molar-refractivity contribution in [2.75, 3.05) is 18.5 Å². The van der Waals surface area contributed by atoms with Crippen molar-refractivity contribution in [3.8, 4) is 11.5 Å². The van der Waals surface area contributed by atoms with Crippen molar-refractivity contribution in [2.45, 2.75) is 13.0 Å². The first-order chi connectivity index (χ1) is 11.1. The van der Waals surface area contributed by atoms with Crippen LogP contribution in [0.1, 0.15) is 17.5 Å². The van der Waals surface area contributed by atoms with Crippen LogP contribution in [0.2, 0.25) is 0 Å². The van der Waals surface area contributed by atoms with Crippen molar-refractivity contribution in [1.82, 2.24) is 0 Å². The Morgan fingerprint density at radius 2 is 1.96 bits per heavy atom. The standard InChI is InChI=1S/C16H15NO6/c1-10(23-16(19)13-3-2-6-20-13)15(18)17-11-4-5-12-14(9-11)22-8-7-21-12/h2-6,9-10H,7-8H2,1H3,(H,17,18)/t10-/m0/s1. The van der Waals surface area contributed by atoms with Gasteiger partial charge in [0.05, 0.1) is 6.26 Å². The lowest BCUT2D eigenvalue weighted by atomic mass is 10.2. The lowest BCUT2D eigenvalue weighted by Crippen LogP contribution is -2.30. The molecule has 3 rings (SSSR count). The number of carbonyl (C=O) groups excluding carboxylic acids is 2. The second-order valence-electron chi connectivity index (χ2n) is 4.87. The van der Waals surface area contributed by atoms with Gasteiger partial charge in [-0.25, -0.2) is 4.79 Å². The Balaban J connectivity index is 1.61. The van der Waals surface area contributed by atoms with Crippen LogP contribution >= 0.6 is 0 Å². The van der Waals surface area contributed by atoms with Crippen LogP contribution in [-0.4, -0.2) is 31.2 Å². The van der Waals surface area contributed by atoms with E-state index in [2.05, 4.69) is 5.32 Å². The number of anilines is 1. The van der Waals surface area contributed by atoms with Crippen LogP contribution in [0.15, 0.2) is 41.0 Å². The number of amides is 1. The summed E-state index contributed by atoms with van der Waals surface area (Å²) >= 11 is 0. The molecular formula is C16H15NO6. The Labute approximate surface area is 132 Å². The molecule has 7 nitrogen and oxygen atoms in total. The van der Waals surface area contributed by atoms with E-state index in [1.165, 1.54) is 19.3 Å². The summed E-state index contributed by atoms with van der Waals surface area (Å²) in [5.41, 5.74) is 0.528. The van der Waals surface area contributed by atoms with Gasteiger partial charge in [0.15, 0.2) is 17.6 Å². The fourth-order valence-corrected chi connectivity index (χ4v) is 2.03. The average Bonchev–Trinajstić information content (AvgIpc) is 3.09. The maximum atomic E-state index is 12.1. The van der Waals surface area contributed by atoms with Gasteiger partial charge in [0.2, 0.25) is 5.76 Å². The Bertz CT molecular complexity index is 709. The van der Waals surface area contributed by atoms with Crippen LogP contribution in [0.25, 0.3) is 0 Å². The molecule has 0 radical (unpaired) electrons. The summed E-state index contributed by atoms with van der Waals surface area (Å²) in [6.07, 6.45) is 0.386. The summed E-state index contributed by atoms with van der Waals surface area (Å²) in [5, 5.41) is 2.66. The lowest BCUT2D eigenvalue weighted by molar-refractivity contribution is -0.123. The van der Waals surface area contributed by atoms with Crippen molar-refractivity contribution in [3.63, 3.8) is 0 Å². The van der Waals surface area contributed by atoms with E-state index in [1.807, 2.05) is 0 Å². The van der Waals surface area contributed by atoms with Gasteiger partial charge in [-0.3, -0.25) is 4.79 Å². The van der Waals surface area contributed by atoms with E-state index in [-0.39, 0.29) is 5.76 Å². The van der Waals surface area contributed by atoms with Crippen LogP contribution in [-0.2, 0) is 9.53 Å². The number of nitrogens with one attached hydrogen (secondary N) is 1.